The lowest BCUT2D eigenvalue weighted by molar-refractivity contribution is 0.0691. The van der Waals surface area contributed by atoms with Crippen molar-refractivity contribution in [3.05, 3.63) is 33.5 Å². The van der Waals surface area contributed by atoms with Gasteiger partial charge < -0.3 is 10.4 Å². The van der Waals surface area contributed by atoms with Gasteiger partial charge in [-0.15, -0.1) is 11.3 Å². The fraction of sp³-hybridized carbons (Fsp3) is 0. The lowest BCUT2D eigenvalue weighted by Gasteiger charge is -2.06. The summed E-state index contributed by atoms with van der Waals surface area (Å²) in [7, 11) is 0. The molecule has 0 aliphatic heterocycles. The van der Waals surface area contributed by atoms with Crippen molar-refractivity contribution in [3.8, 4) is 0 Å². The molecule has 2 heterocycles. The second kappa shape index (κ2) is 4.87. The van der Waals surface area contributed by atoms with E-state index in [-0.39, 0.29) is 5.69 Å². The fourth-order valence-electron chi connectivity index (χ4n) is 1.07. The number of nitrogens with one attached hydrogen (secondary N) is 1. The van der Waals surface area contributed by atoms with Crippen LogP contribution in [0, 0.1) is 0 Å². The van der Waals surface area contributed by atoms with Crippen LogP contribution >= 0.6 is 34.5 Å². The zero-order chi connectivity index (χ0) is 12.4. The molecule has 8 heteroatoms. The number of carboxylic acids is 1. The molecule has 2 N–H and O–H groups in total. The summed E-state index contributed by atoms with van der Waals surface area (Å²) in [5, 5.41) is 14.1. The van der Waals surface area contributed by atoms with Gasteiger partial charge in [0, 0.05) is 17.8 Å². The van der Waals surface area contributed by atoms with Crippen LogP contribution in [0.25, 0.3) is 0 Å². The highest BCUT2D eigenvalue weighted by Crippen LogP contribution is 2.32. The van der Waals surface area contributed by atoms with Crippen molar-refractivity contribution in [1.82, 2.24) is 9.97 Å². The lowest BCUT2D eigenvalue weighted by atomic mass is 10.4. The first-order chi connectivity index (χ1) is 8.08. The van der Waals surface area contributed by atoms with Gasteiger partial charge >= 0.3 is 5.97 Å². The standard InChI is InChI=1S/C9H5Cl2N3O2S/c10-4-1-12-2-5(11)7(4)14-9-13-6(3-17-9)8(15)16/h1-3H,(H,15,16)(H,12,13,14). The first-order valence-electron chi connectivity index (χ1n) is 4.33. The van der Waals surface area contributed by atoms with E-state index in [1.807, 2.05) is 0 Å². The summed E-state index contributed by atoms with van der Waals surface area (Å²) in [5.41, 5.74) is 0.424. The number of carbonyl (C=O) groups is 1. The summed E-state index contributed by atoms with van der Waals surface area (Å²) >= 11 is 12.9. The van der Waals surface area contributed by atoms with Gasteiger partial charge in [0.2, 0.25) is 0 Å². The molecule has 0 saturated carbocycles. The third-order valence-corrected chi connectivity index (χ3v) is 3.14. The normalized spacial score (nSPS) is 10.2. The molecule has 0 atom stereocenters. The maximum Gasteiger partial charge on any atom is 0.355 e. The molecule has 0 spiro atoms. The van der Waals surface area contributed by atoms with E-state index in [1.165, 1.54) is 17.8 Å². The summed E-state index contributed by atoms with van der Waals surface area (Å²) in [6.07, 6.45) is 2.86. The summed E-state index contributed by atoms with van der Waals surface area (Å²) in [6, 6.07) is 0. The van der Waals surface area contributed by atoms with Crippen molar-refractivity contribution >= 4 is 51.3 Å². The summed E-state index contributed by atoms with van der Waals surface area (Å²) in [5.74, 6) is -1.08. The second-order valence-corrected chi connectivity index (χ2v) is 4.62. The van der Waals surface area contributed by atoms with Gasteiger partial charge in [0.25, 0.3) is 0 Å². The largest absolute Gasteiger partial charge is 0.476 e. The zero-order valence-electron chi connectivity index (χ0n) is 8.15. The highest BCUT2D eigenvalue weighted by atomic mass is 35.5. The number of rotatable bonds is 3. The van der Waals surface area contributed by atoms with E-state index in [9.17, 15) is 4.79 Å². The van der Waals surface area contributed by atoms with Crippen LogP contribution in [0.2, 0.25) is 10.0 Å². The van der Waals surface area contributed by atoms with Gasteiger partial charge in [-0.25, -0.2) is 9.78 Å². The van der Waals surface area contributed by atoms with Crippen molar-refractivity contribution < 1.29 is 9.90 Å². The SMILES string of the molecule is O=C(O)c1csc(Nc2c(Cl)cncc2Cl)n1. The predicted octanol–water partition coefficient (Wildman–Crippen LogP) is 3.29. The van der Waals surface area contributed by atoms with Crippen molar-refractivity contribution in [2.75, 3.05) is 5.32 Å². The Balaban J connectivity index is 2.28. The maximum absolute atomic E-state index is 10.7. The number of aromatic nitrogens is 2. The van der Waals surface area contributed by atoms with Crippen molar-refractivity contribution in [2.45, 2.75) is 0 Å². The molecule has 5 nitrogen and oxygen atoms in total. The van der Waals surface area contributed by atoms with Crippen LogP contribution in [-0.4, -0.2) is 21.0 Å². The Morgan fingerprint density at radius 1 is 1.35 bits per heavy atom. The molecule has 0 amide bonds. The van der Waals surface area contributed by atoms with Crippen molar-refractivity contribution in [2.24, 2.45) is 0 Å². The number of aromatic carboxylic acids is 1. The number of hydrogen-bond donors (Lipinski definition) is 2. The average Bonchev–Trinajstić information content (AvgIpc) is 2.72. The van der Waals surface area contributed by atoms with Crippen LogP contribution < -0.4 is 5.32 Å². The van der Waals surface area contributed by atoms with E-state index in [0.29, 0.717) is 20.9 Å². The van der Waals surface area contributed by atoms with Crippen LogP contribution in [0.3, 0.4) is 0 Å². The molecular weight excluding hydrogens is 285 g/mol. The Kier molecular flexibility index (Phi) is 3.46. The van der Waals surface area contributed by atoms with Gasteiger partial charge in [-0.2, -0.15) is 0 Å². The van der Waals surface area contributed by atoms with Crippen molar-refractivity contribution in [1.29, 1.82) is 0 Å². The van der Waals surface area contributed by atoms with Gasteiger partial charge in [-0.3, -0.25) is 4.98 Å². The minimum absolute atomic E-state index is 0.0289. The molecule has 0 bridgehead atoms. The monoisotopic (exact) mass is 289 g/mol. The van der Waals surface area contributed by atoms with Gasteiger partial charge in [0.05, 0.1) is 15.7 Å². The summed E-state index contributed by atoms with van der Waals surface area (Å²) in [4.78, 5) is 18.3. The molecule has 2 aromatic rings. The Labute approximate surface area is 110 Å². The fourth-order valence-corrected chi connectivity index (χ4v) is 2.22. The summed E-state index contributed by atoms with van der Waals surface area (Å²) < 4.78 is 0. The average molecular weight is 290 g/mol. The highest BCUT2D eigenvalue weighted by Gasteiger charge is 2.11. The Bertz CT molecular complexity index is 553. The van der Waals surface area contributed by atoms with Gasteiger partial charge in [-0.1, -0.05) is 23.2 Å². The number of pyridine rings is 1. The number of nitrogens with zero attached hydrogens (tertiary/aromatic N) is 2. The first-order valence-corrected chi connectivity index (χ1v) is 5.96. The topological polar surface area (TPSA) is 75.1 Å². The molecule has 0 radical (unpaired) electrons. The van der Waals surface area contributed by atoms with Crippen LogP contribution in [0.1, 0.15) is 10.5 Å². The number of carboxylic acid groups (broad SMARTS) is 1. The molecular formula is C9H5Cl2N3O2S. The van der Waals surface area contributed by atoms with E-state index in [0.717, 1.165) is 11.3 Å². The molecule has 2 aromatic heterocycles. The Morgan fingerprint density at radius 3 is 2.53 bits per heavy atom. The number of thiazole rings is 1. The van der Waals surface area contributed by atoms with E-state index in [1.54, 1.807) is 0 Å². The van der Waals surface area contributed by atoms with Gasteiger partial charge in [0.1, 0.15) is 0 Å². The third-order valence-electron chi connectivity index (χ3n) is 1.81. The van der Waals surface area contributed by atoms with Gasteiger partial charge in [0.15, 0.2) is 10.8 Å². The molecule has 17 heavy (non-hydrogen) atoms. The molecule has 0 aromatic carbocycles. The predicted molar refractivity (Wildman–Crippen MR) is 66.6 cm³/mol. The summed E-state index contributed by atoms with van der Waals surface area (Å²) in [6.45, 7) is 0. The van der Waals surface area contributed by atoms with E-state index in [2.05, 4.69) is 15.3 Å². The van der Waals surface area contributed by atoms with E-state index in [4.69, 9.17) is 28.3 Å². The molecule has 2 rings (SSSR count). The zero-order valence-corrected chi connectivity index (χ0v) is 10.5. The molecule has 0 fully saturated rings. The number of anilines is 2. The van der Waals surface area contributed by atoms with Gasteiger partial charge in [-0.05, 0) is 0 Å². The minimum Gasteiger partial charge on any atom is -0.476 e. The second-order valence-electron chi connectivity index (χ2n) is 2.95. The molecule has 0 unspecified atom stereocenters. The highest BCUT2D eigenvalue weighted by molar-refractivity contribution is 7.14. The molecule has 0 aliphatic carbocycles. The third kappa shape index (κ3) is 2.66. The van der Waals surface area contributed by atoms with E-state index < -0.39 is 5.97 Å². The minimum atomic E-state index is -1.08. The van der Waals surface area contributed by atoms with E-state index >= 15 is 0 Å². The first kappa shape index (κ1) is 12.1. The lowest BCUT2D eigenvalue weighted by Crippen LogP contribution is -1.97. The maximum atomic E-state index is 10.7. The number of hydrogen-bond acceptors (Lipinski definition) is 5. The van der Waals surface area contributed by atoms with Crippen LogP contribution in [-0.2, 0) is 0 Å². The molecule has 0 saturated heterocycles. The Hall–Kier alpha value is -1.37. The van der Waals surface area contributed by atoms with Crippen molar-refractivity contribution in [3.63, 3.8) is 0 Å². The number of halogens is 2. The van der Waals surface area contributed by atoms with Crippen LogP contribution in [0.4, 0.5) is 10.8 Å². The smallest absolute Gasteiger partial charge is 0.355 e. The molecule has 0 aliphatic rings. The Morgan fingerprint density at radius 2 is 2.00 bits per heavy atom. The van der Waals surface area contributed by atoms with Crippen LogP contribution in [0.5, 0.6) is 0 Å². The van der Waals surface area contributed by atoms with Crippen LogP contribution in [0.15, 0.2) is 17.8 Å². The quantitative estimate of drug-likeness (QED) is 0.907. The molecule has 88 valence electrons.